The lowest BCUT2D eigenvalue weighted by Crippen LogP contribution is -2.37. The Hall–Kier alpha value is -2.60. The van der Waals surface area contributed by atoms with Gasteiger partial charge in [-0.25, -0.2) is 0 Å². The van der Waals surface area contributed by atoms with E-state index in [0.717, 1.165) is 30.6 Å². The van der Waals surface area contributed by atoms with Gasteiger partial charge in [-0.05, 0) is 62.4 Å². The molecule has 1 N–H and O–H groups in total. The number of carbonyl (C=O) groups is 2. The molecule has 2 fully saturated rings. The van der Waals surface area contributed by atoms with E-state index in [4.69, 9.17) is 4.74 Å². The van der Waals surface area contributed by atoms with Gasteiger partial charge in [-0.3, -0.25) is 9.59 Å². The molecular formula is C23H25NO4S. The van der Waals surface area contributed by atoms with Crippen LogP contribution in [0, 0.1) is 0 Å². The first kappa shape index (κ1) is 19.7. The van der Waals surface area contributed by atoms with Gasteiger partial charge in [0.05, 0.1) is 17.7 Å². The number of rotatable bonds is 5. The number of aliphatic hydroxyl groups is 1. The fourth-order valence-electron chi connectivity index (χ4n) is 4.25. The topological polar surface area (TPSA) is 66.8 Å². The molecule has 29 heavy (non-hydrogen) atoms. The van der Waals surface area contributed by atoms with Crippen molar-refractivity contribution in [2.24, 2.45) is 0 Å². The number of hydrogen-bond donors (Lipinski definition) is 1. The van der Waals surface area contributed by atoms with E-state index in [1.807, 2.05) is 31.4 Å². The summed E-state index contributed by atoms with van der Waals surface area (Å²) in [7, 11) is 0. The van der Waals surface area contributed by atoms with Gasteiger partial charge in [0, 0.05) is 16.5 Å². The Bertz CT molecular complexity index is 924. The molecule has 1 aromatic heterocycles. The highest BCUT2D eigenvalue weighted by molar-refractivity contribution is 7.10. The van der Waals surface area contributed by atoms with Gasteiger partial charge in [0.25, 0.3) is 11.7 Å². The maximum Gasteiger partial charge on any atom is 0.295 e. The highest BCUT2D eigenvalue weighted by atomic mass is 32.1. The minimum Gasteiger partial charge on any atom is -0.507 e. The third-order valence-corrected chi connectivity index (χ3v) is 6.44. The van der Waals surface area contributed by atoms with Crippen LogP contribution in [-0.2, 0) is 9.59 Å². The second kappa shape index (κ2) is 8.03. The maximum atomic E-state index is 13.0. The summed E-state index contributed by atoms with van der Waals surface area (Å²) in [5.41, 5.74) is 0.689. The van der Waals surface area contributed by atoms with Gasteiger partial charge in [-0.2, -0.15) is 0 Å². The molecule has 4 rings (SSSR count). The summed E-state index contributed by atoms with van der Waals surface area (Å²) in [6.07, 6.45) is 3.96. The van der Waals surface area contributed by atoms with Crippen LogP contribution in [0.2, 0.25) is 0 Å². The average Bonchev–Trinajstić information content (AvgIpc) is 3.44. The summed E-state index contributed by atoms with van der Waals surface area (Å²) in [5, 5.41) is 13.0. The lowest BCUT2D eigenvalue weighted by molar-refractivity contribution is -0.141. The fraction of sp³-hybridized carbons (Fsp3) is 0.391. The zero-order chi connectivity index (χ0) is 20.5. The molecule has 1 aromatic carbocycles. The van der Waals surface area contributed by atoms with Crippen LogP contribution >= 0.6 is 11.3 Å². The molecule has 0 radical (unpaired) electrons. The number of ketones is 1. The van der Waals surface area contributed by atoms with Gasteiger partial charge < -0.3 is 14.7 Å². The van der Waals surface area contributed by atoms with Crippen molar-refractivity contribution in [3.05, 3.63) is 57.8 Å². The normalized spacial score (nSPS) is 22.0. The number of nitrogens with zero attached hydrogens (tertiary/aromatic N) is 1. The molecule has 6 heteroatoms. The summed E-state index contributed by atoms with van der Waals surface area (Å²) in [6, 6.07) is 10.3. The van der Waals surface area contributed by atoms with Crippen molar-refractivity contribution in [1.82, 2.24) is 4.90 Å². The summed E-state index contributed by atoms with van der Waals surface area (Å²) in [5.74, 6) is -0.539. The molecule has 1 aliphatic heterocycles. The molecule has 1 unspecified atom stereocenters. The molecule has 1 atom stereocenters. The zero-order valence-corrected chi connectivity index (χ0v) is 17.4. The maximum absolute atomic E-state index is 13.0. The van der Waals surface area contributed by atoms with Crippen LogP contribution in [0.5, 0.6) is 5.75 Å². The van der Waals surface area contributed by atoms with Gasteiger partial charge in [0.15, 0.2) is 0 Å². The van der Waals surface area contributed by atoms with Gasteiger partial charge in [0.1, 0.15) is 11.5 Å². The molecule has 1 aliphatic carbocycles. The smallest absolute Gasteiger partial charge is 0.295 e. The number of hydrogen-bond acceptors (Lipinski definition) is 5. The van der Waals surface area contributed by atoms with Crippen molar-refractivity contribution >= 4 is 28.8 Å². The van der Waals surface area contributed by atoms with Crippen LogP contribution in [0.3, 0.4) is 0 Å². The molecule has 1 amide bonds. The Morgan fingerprint density at radius 2 is 1.83 bits per heavy atom. The van der Waals surface area contributed by atoms with Crippen molar-refractivity contribution in [3.63, 3.8) is 0 Å². The van der Waals surface area contributed by atoms with Gasteiger partial charge >= 0.3 is 0 Å². The van der Waals surface area contributed by atoms with E-state index in [9.17, 15) is 14.7 Å². The Balaban J connectivity index is 1.77. The van der Waals surface area contributed by atoms with Gasteiger partial charge in [-0.15, -0.1) is 11.3 Å². The monoisotopic (exact) mass is 411 g/mol. The SMILES string of the molecule is CC(C)Oc1ccc(/C(O)=C2/C(=O)C(=O)N(C3CCCC3)C2c2cccs2)cc1. The van der Waals surface area contributed by atoms with Crippen molar-refractivity contribution in [2.45, 2.75) is 57.7 Å². The lowest BCUT2D eigenvalue weighted by Gasteiger charge is -2.29. The Morgan fingerprint density at radius 3 is 2.41 bits per heavy atom. The highest BCUT2D eigenvalue weighted by Gasteiger charge is 2.49. The van der Waals surface area contributed by atoms with E-state index in [0.29, 0.717) is 11.3 Å². The van der Waals surface area contributed by atoms with Crippen LogP contribution < -0.4 is 4.74 Å². The minimum absolute atomic E-state index is 0.0463. The number of amides is 1. The molecule has 2 heterocycles. The van der Waals surface area contributed by atoms with Crippen molar-refractivity contribution in [3.8, 4) is 5.75 Å². The predicted molar refractivity (Wildman–Crippen MR) is 113 cm³/mol. The number of likely N-dealkylation sites (tertiary alicyclic amines) is 1. The Labute approximate surface area is 174 Å². The second-order valence-corrected chi connectivity index (χ2v) is 8.83. The number of Topliss-reactive ketones (excluding diaryl/α,β-unsaturated/α-hetero) is 1. The molecule has 152 valence electrons. The molecule has 0 bridgehead atoms. The summed E-state index contributed by atoms with van der Waals surface area (Å²) in [4.78, 5) is 28.5. The predicted octanol–water partition coefficient (Wildman–Crippen LogP) is 4.90. The number of thiophene rings is 1. The molecule has 2 aliphatic rings. The summed E-state index contributed by atoms with van der Waals surface area (Å²) < 4.78 is 5.65. The van der Waals surface area contributed by atoms with Crippen LogP contribution in [0.15, 0.2) is 47.4 Å². The average molecular weight is 412 g/mol. The molecule has 0 spiro atoms. The first-order valence-corrected chi connectivity index (χ1v) is 11.0. The molecule has 5 nitrogen and oxygen atoms in total. The Morgan fingerprint density at radius 1 is 1.14 bits per heavy atom. The third-order valence-electron chi connectivity index (χ3n) is 5.51. The van der Waals surface area contributed by atoms with Crippen LogP contribution in [0.25, 0.3) is 5.76 Å². The second-order valence-electron chi connectivity index (χ2n) is 7.85. The lowest BCUT2D eigenvalue weighted by atomic mass is 9.99. The van der Waals surface area contributed by atoms with Gasteiger partial charge in [0.2, 0.25) is 0 Å². The largest absolute Gasteiger partial charge is 0.507 e. The number of benzene rings is 1. The zero-order valence-electron chi connectivity index (χ0n) is 16.6. The quantitative estimate of drug-likeness (QED) is 0.432. The summed E-state index contributed by atoms with van der Waals surface area (Å²) in [6.45, 7) is 3.89. The van der Waals surface area contributed by atoms with Crippen molar-refractivity contribution in [1.29, 1.82) is 0 Å². The standard InChI is InChI=1S/C23H25NO4S/c1-14(2)28-17-11-9-15(10-12-17)21(25)19-20(18-8-5-13-29-18)24(23(27)22(19)26)16-6-3-4-7-16/h5,8-14,16,20,25H,3-4,6-7H2,1-2H3/b21-19-. The number of carbonyl (C=O) groups excluding carboxylic acids is 2. The molecule has 1 saturated carbocycles. The van der Waals surface area contributed by atoms with E-state index in [2.05, 4.69) is 0 Å². The number of aliphatic hydroxyl groups excluding tert-OH is 1. The van der Waals surface area contributed by atoms with Crippen LogP contribution in [0.1, 0.15) is 56.0 Å². The van der Waals surface area contributed by atoms with E-state index < -0.39 is 17.7 Å². The third kappa shape index (κ3) is 3.69. The molecule has 2 aromatic rings. The van der Waals surface area contributed by atoms with Gasteiger partial charge in [-0.1, -0.05) is 18.9 Å². The first-order valence-electron chi connectivity index (χ1n) is 10.1. The highest BCUT2D eigenvalue weighted by Crippen LogP contribution is 2.44. The number of ether oxygens (including phenoxy) is 1. The van der Waals surface area contributed by atoms with E-state index in [1.165, 1.54) is 11.3 Å². The van der Waals surface area contributed by atoms with E-state index in [-0.39, 0.29) is 23.5 Å². The van der Waals surface area contributed by atoms with Crippen LogP contribution in [0.4, 0.5) is 0 Å². The minimum atomic E-state index is -0.602. The Kier molecular flexibility index (Phi) is 5.46. The van der Waals surface area contributed by atoms with Crippen molar-refractivity contribution in [2.75, 3.05) is 0 Å². The summed E-state index contributed by atoms with van der Waals surface area (Å²) >= 11 is 1.50. The van der Waals surface area contributed by atoms with E-state index in [1.54, 1.807) is 29.2 Å². The fourth-order valence-corrected chi connectivity index (χ4v) is 5.09. The molecule has 1 saturated heterocycles. The van der Waals surface area contributed by atoms with Crippen molar-refractivity contribution < 1.29 is 19.4 Å². The van der Waals surface area contributed by atoms with E-state index >= 15 is 0 Å². The first-order chi connectivity index (χ1) is 14.0. The van der Waals surface area contributed by atoms with Crippen LogP contribution in [-0.4, -0.2) is 33.8 Å². The molecular weight excluding hydrogens is 386 g/mol.